The molecule has 0 amide bonds. The fourth-order valence-corrected chi connectivity index (χ4v) is 1.61. The Morgan fingerprint density at radius 3 is 2.22 bits per heavy atom. The zero-order valence-corrected chi connectivity index (χ0v) is 11.7. The van der Waals surface area contributed by atoms with Crippen molar-refractivity contribution in [2.75, 3.05) is 21.3 Å². The van der Waals surface area contributed by atoms with E-state index in [4.69, 9.17) is 9.47 Å². The Hall–Kier alpha value is -1.55. The highest BCUT2D eigenvalue weighted by molar-refractivity contribution is 5.79. The van der Waals surface area contributed by atoms with Crippen LogP contribution in [-0.4, -0.2) is 37.7 Å². The van der Waals surface area contributed by atoms with Gasteiger partial charge >= 0.3 is 5.97 Å². The second-order valence-corrected chi connectivity index (χ2v) is 4.75. The molecule has 0 spiro atoms. The van der Waals surface area contributed by atoms with E-state index in [2.05, 4.69) is 0 Å². The normalized spacial score (nSPS) is 11.4. The fraction of sp³-hybridized carbons (Fsp3) is 0.500. The Kier molecular flexibility index (Phi) is 4.73. The average molecular weight is 251 g/mol. The molecule has 0 fully saturated rings. The van der Waals surface area contributed by atoms with Crippen LogP contribution in [0.2, 0.25) is 0 Å². The van der Waals surface area contributed by atoms with Crippen LogP contribution in [0.1, 0.15) is 19.4 Å². The lowest BCUT2D eigenvalue weighted by Gasteiger charge is -2.32. The van der Waals surface area contributed by atoms with Gasteiger partial charge in [0.2, 0.25) is 0 Å². The van der Waals surface area contributed by atoms with Crippen molar-refractivity contribution < 1.29 is 14.3 Å². The Morgan fingerprint density at radius 2 is 1.78 bits per heavy atom. The van der Waals surface area contributed by atoms with Crippen molar-refractivity contribution in [3.63, 3.8) is 0 Å². The third-order valence-corrected chi connectivity index (χ3v) is 3.22. The van der Waals surface area contributed by atoms with Crippen LogP contribution in [0.3, 0.4) is 0 Å². The molecule has 0 N–H and O–H groups in total. The van der Waals surface area contributed by atoms with Crippen LogP contribution in [0.4, 0.5) is 0 Å². The van der Waals surface area contributed by atoms with E-state index >= 15 is 0 Å². The summed E-state index contributed by atoms with van der Waals surface area (Å²) in [7, 11) is 4.95. The molecule has 0 aliphatic heterocycles. The van der Waals surface area contributed by atoms with Crippen LogP contribution in [0.15, 0.2) is 24.3 Å². The molecular formula is C14H21NO3. The molecule has 18 heavy (non-hydrogen) atoms. The first-order valence-corrected chi connectivity index (χ1v) is 5.84. The standard InChI is InChI=1S/C14H21NO3/c1-14(2,13(16)18-5)15(3)10-11-6-8-12(17-4)9-7-11/h6-9H,10H2,1-5H3. The van der Waals surface area contributed by atoms with Gasteiger partial charge in [0.1, 0.15) is 11.3 Å². The molecule has 0 saturated carbocycles. The minimum atomic E-state index is -0.644. The Labute approximate surface area is 108 Å². The number of hydrogen-bond acceptors (Lipinski definition) is 4. The van der Waals surface area contributed by atoms with E-state index in [-0.39, 0.29) is 5.97 Å². The molecule has 0 atom stereocenters. The van der Waals surface area contributed by atoms with Crippen molar-refractivity contribution in [3.05, 3.63) is 29.8 Å². The van der Waals surface area contributed by atoms with Crippen LogP contribution in [0.25, 0.3) is 0 Å². The van der Waals surface area contributed by atoms with Crippen molar-refractivity contribution in [1.29, 1.82) is 0 Å². The minimum Gasteiger partial charge on any atom is -0.497 e. The smallest absolute Gasteiger partial charge is 0.325 e. The summed E-state index contributed by atoms with van der Waals surface area (Å²) >= 11 is 0. The number of benzene rings is 1. The molecule has 0 heterocycles. The first-order chi connectivity index (χ1) is 8.41. The second kappa shape index (κ2) is 5.87. The van der Waals surface area contributed by atoms with E-state index in [9.17, 15) is 4.79 Å². The van der Waals surface area contributed by atoms with Gasteiger partial charge in [0.25, 0.3) is 0 Å². The number of ether oxygens (including phenoxy) is 2. The molecule has 4 heteroatoms. The number of likely N-dealkylation sites (N-methyl/N-ethyl adjacent to an activating group) is 1. The predicted molar refractivity (Wildman–Crippen MR) is 70.6 cm³/mol. The van der Waals surface area contributed by atoms with Gasteiger partial charge in [0, 0.05) is 6.54 Å². The molecule has 0 aliphatic rings. The van der Waals surface area contributed by atoms with Crippen LogP contribution in [-0.2, 0) is 16.1 Å². The van der Waals surface area contributed by atoms with Gasteiger partial charge in [-0.05, 0) is 38.6 Å². The van der Waals surface area contributed by atoms with Gasteiger partial charge in [-0.2, -0.15) is 0 Å². The first kappa shape index (κ1) is 14.5. The van der Waals surface area contributed by atoms with Gasteiger partial charge < -0.3 is 9.47 Å². The Balaban J connectivity index is 2.74. The Morgan fingerprint density at radius 1 is 1.22 bits per heavy atom. The van der Waals surface area contributed by atoms with E-state index in [1.165, 1.54) is 7.11 Å². The lowest BCUT2D eigenvalue weighted by atomic mass is 10.0. The highest BCUT2D eigenvalue weighted by Crippen LogP contribution is 2.19. The van der Waals surface area contributed by atoms with Gasteiger partial charge in [-0.15, -0.1) is 0 Å². The zero-order chi connectivity index (χ0) is 13.8. The van der Waals surface area contributed by atoms with E-state index in [1.54, 1.807) is 7.11 Å². The average Bonchev–Trinajstić information content (AvgIpc) is 2.38. The highest BCUT2D eigenvalue weighted by atomic mass is 16.5. The van der Waals surface area contributed by atoms with Crippen LogP contribution >= 0.6 is 0 Å². The van der Waals surface area contributed by atoms with E-state index in [0.29, 0.717) is 6.54 Å². The van der Waals surface area contributed by atoms with Crippen LogP contribution in [0, 0.1) is 0 Å². The zero-order valence-electron chi connectivity index (χ0n) is 11.7. The summed E-state index contributed by atoms with van der Waals surface area (Å²) < 4.78 is 9.92. The van der Waals surface area contributed by atoms with Crippen molar-refractivity contribution in [3.8, 4) is 5.75 Å². The van der Waals surface area contributed by atoms with Gasteiger partial charge in [-0.3, -0.25) is 9.69 Å². The Bertz CT molecular complexity index is 398. The largest absolute Gasteiger partial charge is 0.497 e. The number of carbonyl (C=O) groups is 1. The second-order valence-electron chi connectivity index (χ2n) is 4.75. The fourth-order valence-electron chi connectivity index (χ4n) is 1.61. The minimum absolute atomic E-state index is 0.237. The molecule has 0 saturated heterocycles. The third-order valence-electron chi connectivity index (χ3n) is 3.22. The molecule has 1 rings (SSSR count). The molecule has 0 aromatic heterocycles. The summed E-state index contributed by atoms with van der Waals surface area (Å²) in [6.07, 6.45) is 0. The van der Waals surface area contributed by atoms with Crippen LogP contribution in [0.5, 0.6) is 5.75 Å². The molecule has 0 bridgehead atoms. The maximum atomic E-state index is 11.7. The molecule has 0 unspecified atom stereocenters. The predicted octanol–water partition coefficient (Wildman–Crippen LogP) is 2.08. The number of rotatable bonds is 5. The number of esters is 1. The van der Waals surface area contributed by atoms with Crippen molar-refractivity contribution in [2.24, 2.45) is 0 Å². The maximum Gasteiger partial charge on any atom is 0.325 e. The first-order valence-electron chi connectivity index (χ1n) is 5.84. The van der Waals surface area contributed by atoms with Crippen molar-refractivity contribution >= 4 is 5.97 Å². The molecule has 100 valence electrons. The van der Waals surface area contributed by atoms with Gasteiger partial charge in [0.05, 0.1) is 14.2 Å². The summed E-state index contributed by atoms with van der Waals surface area (Å²) in [6, 6.07) is 7.80. The molecule has 1 aromatic rings. The molecule has 0 radical (unpaired) electrons. The van der Waals surface area contributed by atoms with Gasteiger partial charge in [0.15, 0.2) is 0 Å². The molecular weight excluding hydrogens is 230 g/mol. The van der Waals surface area contributed by atoms with Crippen molar-refractivity contribution in [2.45, 2.75) is 25.9 Å². The number of nitrogens with zero attached hydrogens (tertiary/aromatic N) is 1. The van der Waals surface area contributed by atoms with Crippen molar-refractivity contribution in [1.82, 2.24) is 4.90 Å². The summed E-state index contributed by atoms with van der Waals surface area (Å²) in [5.41, 5.74) is 0.476. The van der Waals surface area contributed by atoms with E-state index in [0.717, 1.165) is 11.3 Å². The number of methoxy groups -OCH3 is 2. The molecule has 1 aromatic carbocycles. The maximum absolute atomic E-state index is 11.7. The summed E-state index contributed by atoms with van der Waals surface area (Å²) in [5, 5.41) is 0. The van der Waals surface area contributed by atoms with Gasteiger partial charge in [-0.25, -0.2) is 0 Å². The topological polar surface area (TPSA) is 38.8 Å². The monoisotopic (exact) mass is 251 g/mol. The third kappa shape index (κ3) is 3.23. The lowest BCUT2D eigenvalue weighted by molar-refractivity contribution is -0.152. The number of hydrogen-bond donors (Lipinski definition) is 0. The summed E-state index contributed by atoms with van der Waals surface area (Å²) in [5.74, 6) is 0.590. The highest BCUT2D eigenvalue weighted by Gasteiger charge is 2.33. The number of carbonyl (C=O) groups excluding carboxylic acids is 1. The molecule has 4 nitrogen and oxygen atoms in total. The lowest BCUT2D eigenvalue weighted by Crippen LogP contribution is -2.48. The SMILES string of the molecule is COC(=O)C(C)(C)N(C)Cc1ccc(OC)cc1. The summed E-state index contributed by atoms with van der Waals surface area (Å²) in [4.78, 5) is 13.6. The summed E-state index contributed by atoms with van der Waals surface area (Å²) in [6.45, 7) is 4.37. The quantitative estimate of drug-likeness (QED) is 0.751. The van der Waals surface area contributed by atoms with E-state index in [1.807, 2.05) is 50.1 Å². The van der Waals surface area contributed by atoms with Gasteiger partial charge in [-0.1, -0.05) is 12.1 Å². The molecule has 0 aliphatic carbocycles. The van der Waals surface area contributed by atoms with Crippen LogP contribution < -0.4 is 4.74 Å². The van der Waals surface area contributed by atoms with E-state index < -0.39 is 5.54 Å².